The molecule has 120 valence electrons. The zero-order valence-corrected chi connectivity index (χ0v) is 24.7. The summed E-state index contributed by atoms with van der Waals surface area (Å²) in [6.07, 6.45) is 0. The SMILES string of the molecule is [OH-].[OH-].[OH-].[OH-].[OH-].[OH-].[OH-].[OH-].[OH-].[OH-].[OH-].[OH-].[Pb].[Pb].[Pb].[Ti].[Ti].[Ti]. The summed E-state index contributed by atoms with van der Waals surface area (Å²) in [7, 11) is 0. The molecule has 0 saturated carbocycles. The molecule has 0 rings (SSSR count). The third kappa shape index (κ3) is 393. The van der Waals surface area contributed by atoms with E-state index in [1.165, 1.54) is 0 Å². The van der Waals surface area contributed by atoms with Gasteiger partial charge >= 0.3 is 0 Å². The maximum atomic E-state index is 0. The van der Waals surface area contributed by atoms with E-state index in [0.717, 1.165) is 0 Å². The van der Waals surface area contributed by atoms with Gasteiger partial charge in [0.25, 0.3) is 0 Å². The Morgan fingerprint density at radius 3 is 0.167 bits per heavy atom. The molecule has 0 saturated heterocycles. The molecule has 0 bridgehead atoms. The van der Waals surface area contributed by atoms with E-state index in [9.17, 15) is 0 Å². The molecule has 0 unspecified atom stereocenters. The summed E-state index contributed by atoms with van der Waals surface area (Å²) >= 11 is 0. The fraction of sp³-hybridized carbons (Fsp3) is 0. The van der Waals surface area contributed by atoms with Crippen molar-refractivity contribution in [1.82, 2.24) is 0 Å². The minimum Gasteiger partial charge on any atom is -0.870 e. The predicted molar refractivity (Wildman–Crippen MR) is 40.5 cm³/mol. The first kappa shape index (κ1) is 525. The van der Waals surface area contributed by atoms with Crippen LogP contribution in [-0.2, 0) is 65.2 Å². The average molecular weight is 969 g/mol. The zero-order chi connectivity index (χ0) is 0. The molecule has 0 aromatic heterocycles. The molecule has 0 aromatic carbocycles. The summed E-state index contributed by atoms with van der Waals surface area (Å²) in [6.45, 7) is 0. The van der Waals surface area contributed by atoms with Crippen LogP contribution in [0.4, 0.5) is 0 Å². The topological polar surface area (TPSA) is 360 Å². The van der Waals surface area contributed by atoms with Crippen molar-refractivity contribution in [3.63, 3.8) is 0 Å². The van der Waals surface area contributed by atoms with Crippen LogP contribution in [0.3, 0.4) is 0 Å². The Hall–Kier alpha value is 4.43. The second kappa shape index (κ2) is 456. The molecule has 0 spiro atoms. The number of hydrogen-bond donors (Lipinski definition) is 0. The van der Waals surface area contributed by atoms with Gasteiger partial charge in [-0.05, 0) is 0 Å². The molecule has 0 atom stereocenters. The van der Waals surface area contributed by atoms with Crippen LogP contribution in [-0.4, -0.2) is 148 Å². The second-order valence-electron chi connectivity index (χ2n) is 0. The molecule has 0 aliphatic carbocycles. The van der Waals surface area contributed by atoms with E-state index < -0.39 is 0 Å². The van der Waals surface area contributed by atoms with E-state index in [0.29, 0.717) is 0 Å². The van der Waals surface area contributed by atoms with Crippen LogP contribution in [0.5, 0.6) is 0 Å². The fourth-order valence-corrected chi connectivity index (χ4v) is 0. The summed E-state index contributed by atoms with van der Waals surface area (Å²) in [5, 5.41) is 0. The third-order valence-corrected chi connectivity index (χ3v) is 0. The molecule has 0 fully saturated rings. The van der Waals surface area contributed by atoms with Gasteiger partial charge in [0.05, 0.1) is 0 Å². The summed E-state index contributed by atoms with van der Waals surface area (Å²) in [5.41, 5.74) is 0. The quantitative estimate of drug-likeness (QED) is 0.216. The molecule has 12 radical (unpaired) electrons. The number of rotatable bonds is 0. The summed E-state index contributed by atoms with van der Waals surface area (Å²) in [5.74, 6) is 0. The molecule has 12 N–H and O–H groups in total. The Bertz CT molecular complexity index is 22.5. The molecule has 0 amide bonds. The molecule has 18 heteroatoms. The summed E-state index contributed by atoms with van der Waals surface area (Å²) in [4.78, 5) is 0. The number of hydrogen-bond acceptors (Lipinski definition) is 12. The van der Waals surface area contributed by atoms with Crippen molar-refractivity contribution < 1.29 is 131 Å². The third-order valence-electron chi connectivity index (χ3n) is 0. The van der Waals surface area contributed by atoms with Gasteiger partial charge in [0, 0.05) is 147 Å². The molecule has 0 aliphatic rings. The van der Waals surface area contributed by atoms with Gasteiger partial charge in [-0.1, -0.05) is 0 Å². The zero-order valence-electron chi connectivity index (χ0n) is 8.37. The first-order valence-electron chi connectivity index (χ1n) is 0. The minimum atomic E-state index is 0. The molecule has 0 aliphatic heterocycles. The summed E-state index contributed by atoms with van der Waals surface area (Å²) in [6, 6.07) is 0. The summed E-state index contributed by atoms with van der Waals surface area (Å²) < 4.78 is 0. The van der Waals surface area contributed by atoms with Crippen LogP contribution in [0.15, 0.2) is 0 Å². The van der Waals surface area contributed by atoms with Gasteiger partial charge in [-0.15, -0.1) is 0 Å². The van der Waals surface area contributed by atoms with Gasteiger partial charge in [-0.3, -0.25) is 0 Å². The Kier molecular flexibility index (Phi) is 13300. The Balaban J connectivity index is 0. The van der Waals surface area contributed by atoms with E-state index >= 15 is 0 Å². The van der Waals surface area contributed by atoms with Crippen molar-refractivity contribution >= 4 is 81.9 Å². The van der Waals surface area contributed by atoms with E-state index in [-0.39, 0.29) is 213 Å². The van der Waals surface area contributed by atoms with Gasteiger partial charge in [0.2, 0.25) is 0 Å². The van der Waals surface area contributed by atoms with Crippen molar-refractivity contribution in [2.75, 3.05) is 0 Å². The van der Waals surface area contributed by atoms with Crippen LogP contribution in [0.25, 0.3) is 0 Å². The Morgan fingerprint density at radius 2 is 0.167 bits per heavy atom. The second-order valence-corrected chi connectivity index (χ2v) is 0. The smallest absolute Gasteiger partial charge is 0 e. The van der Waals surface area contributed by atoms with Crippen LogP contribution in [0.2, 0.25) is 0 Å². The Labute approximate surface area is 209 Å². The van der Waals surface area contributed by atoms with Gasteiger partial charge in [-0.25, -0.2) is 0 Å². The van der Waals surface area contributed by atoms with Crippen LogP contribution < -0.4 is 0 Å². The van der Waals surface area contributed by atoms with Crippen molar-refractivity contribution in [2.45, 2.75) is 0 Å². The van der Waals surface area contributed by atoms with Gasteiger partial charge in [-0.2, -0.15) is 0 Å². The molecule has 0 aromatic rings. The monoisotopic (exact) mass is 972 g/mol. The molecular formula is H12O12Pb3Ti3-12. The minimum absolute atomic E-state index is 0. The van der Waals surface area contributed by atoms with Gasteiger partial charge in [0.15, 0.2) is 0 Å². The van der Waals surface area contributed by atoms with Crippen LogP contribution in [0.1, 0.15) is 0 Å². The van der Waals surface area contributed by atoms with Crippen molar-refractivity contribution in [3.05, 3.63) is 0 Å². The Morgan fingerprint density at radius 1 is 0.167 bits per heavy atom. The standard InChI is InChI=1S/12H2O.3Pb.3Ti/h12*1H2;;;;;;/p-12. The van der Waals surface area contributed by atoms with E-state index in [2.05, 4.69) is 0 Å². The van der Waals surface area contributed by atoms with Gasteiger partial charge in [0.1, 0.15) is 0 Å². The first-order chi connectivity index (χ1) is 0. The maximum absolute atomic E-state index is 0. The molecule has 18 heavy (non-hydrogen) atoms. The molecular weight excluding hydrogens is 957 g/mol. The van der Waals surface area contributed by atoms with Crippen molar-refractivity contribution in [2.24, 2.45) is 0 Å². The van der Waals surface area contributed by atoms with E-state index in [1.54, 1.807) is 0 Å². The first-order valence-corrected chi connectivity index (χ1v) is 0. The normalized spacial score (nSPS) is 0. The van der Waals surface area contributed by atoms with E-state index in [4.69, 9.17) is 0 Å². The average Bonchev–Trinajstić information content (AvgIpc) is 0. The largest absolute Gasteiger partial charge is 0.870 e. The van der Waals surface area contributed by atoms with Gasteiger partial charge < -0.3 is 65.7 Å². The van der Waals surface area contributed by atoms with Crippen molar-refractivity contribution in [1.29, 1.82) is 0 Å². The molecule has 12 nitrogen and oxygen atoms in total. The fourth-order valence-electron chi connectivity index (χ4n) is 0. The van der Waals surface area contributed by atoms with Crippen LogP contribution >= 0.6 is 0 Å². The van der Waals surface area contributed by atoms with E-state index in [1.807, 2.05) is 0 Å². The maximum Gasteiger partial charge on any atom is 0 e. The van der Waals surface area contributed by atoms with Crippen molar-refractivity contribution in [3.8, 4) is 0 Å². The van der Waals surface area contributed by atoms with Crippen LogP contribution in [0, 0.1) is 0 Å². The molecule has 0 heterocycles. The predicted octanol–water partition coefficient (Wildman–Crippen LogP) is -3.27.